The Morgan fingerprint density at radius 1 is 1.23 bits per heavy atom. The summed E-state index contributed by atoms with van der Waals surface area (Å²) in [4.78, 5) is 19.6. The highest BCUT2D eigenvalue weighted by atomic mass is 32.1. The van der Waals surface area contributed by atoms with Crippen LogP contribution in [-0.2, 0) is 4.74 Å². The highest BCUT2D eigenvalue weighted by molar-refractivity contribution is 7.13. The zero-order valence-corrected chi connectivity index (χ0v) is 18.3. The molecular formula is C22H31N5O2S. The monoisotopic (exact) mass is 429 g/mol. The normalized spacial score (nSPS) is 18.4. The lowest BCUT2D eigenvalue weighted by molar-refractivity contribution is 0.0819. The molecule has 30 heavy (non-hydrogen) atoms. The third kappa shape index (κ3) is 5.30. The lowest BCUT2D eigenvalue weighted by Crippen LogP contribution is -2.37. The van der Waals surface area contributed by atoms with Gasteiger partial charge in [0.2, 0.25) is 0 Å². The molecule has 2 saturated heterocycles. The van der Waals surface area contributed by atoms with Crippen LogP contribution in [0.2, 0.25) is 0 Å². The second-order valence-corrected chi connectivity index (χ2v) is 8.86. The number of ether oxygens (including phenoxy) is 1. The van der Waals surface area contributed by atoms with E-state index in [-0.39, 0.29) is 5.91 Å². The van der Waals surface area contributed by atoms with E-state index < -0.39 is 0 Å². The van der Waals surface area contributed by atoms with Crippen LogP contribution >= 0.6 is 11.3 Å². The number of amides is 1. The lowest BCUT2D eigenvalue weighted by atomic mass is 9.98. The van der Waals surface area contributed by atoms with Crippen LogP contribution in [0.3, 0.4) is 0 Å². The zero-order chi connectivity index (χ0) is 20.8. The third-order valence-electron chi connectivity index (χ3n) is 6.01. The second-order valence-electron chi connectivity index (χ2n) is 8.01. The van der Waals surface area contributed by atoms with Gasteiger partial charge in [-0.3, -0.25) is 4.79 Å². The molecular weight excluding hydrogens is 398 g/mol. The van der Waals surface area contributed by atoms with Crippen LogP contribution in [0.1, 0.15) is 36.2 Å². The zero-order valence-electron chi connectivity index (χ0n) is 17.5. The predicted molar refractivity (Wildman–Crippen MR) is 123 cm³/mol. The predicted octanol–water partition coefficient (Wildman–Crippen LogP) is 3.42. The van der Waals surface area contributed by atoms with Crippen molar-refractivity contribution in [2.75, 3.05) is 55.4 Å². The van der Waals surface area contributed by atoms with Gasteiger partial charge in [-0.05, 0) is 56.8 Å². The fourth-order valence-electron chi connectivity index (χ4n) is 4.15. The van der Waals surface area contributed by atoms with Gasteiger partial charge in [0.15, 0.2) is 5.13 Å². The van der Waals surface area contributed by atoms with Crippen molar-refractivity contribution in [3.8, 4) is 0 Å². The fraction of sp³-hybridized carbons (Fsp3) is 0.545. The van der Waals surface area contributed by atoms with Crippen molar-refractivity contribution in [1.82, 2.24) is 10.3 Å². The number of carbonyl (C=O) groups excluding carboxylic acids is 1. The molecule has 1 aromatic heterocycles. The molecule has 3 heterocycles. The van der Waals surface area contributed by atoms with E-state index >= 15 is 0 Å². The Balaban J connectivity index is 1.36. The topological polar surface area (TPSA) is 78.5 Å². The van der Waals surface area contributed by atoms with E-state index in [9.17, 15) is 4.79 Å². The van der Waals surface area contributed by atoms with Crippen molar-refractivity contribution in [3.63, 3.8) is 0 Å². The van der Waals surface area contributed by atoms with Crippen LogP contribution in [-0.4, -0.2) is 56.8 Å². The summed E-state index contributed by atoms with van der Waals surface area (Å²) < 4.78 is 5.48. The number of thiazole rings is 1. The van der Waals surface area contributed by atoms with Gasteiger partial charge in [-0.15, -0.1) is 11.3 Å². The maximum atomic E-state index is 12.8. The van der Waals surface area contributed by atoms with Crippen molar-refractivity contribution >= 4 is 33.8 Å². The number of nitrogens with one attached hydrogen (secondary N) is 3. The van der Waals surface area contributed by atoms with Gasteiger partial charge < -0.3 is 25.6 Å². The van der Waals surface area contributed by atoms with Gasteiger partial charge in [0, 0.05) is 32.1 Å². The molecule has 2 fully saturated rings. The molecule has 0 bridgehead atoms. The van der Waals surface area contributed by atoms with E-state index in [0.717, 1.165) is 62.1 Å². The summed E-state index contributed by atoms with van der Waals surface area (Å²) in [6, 6.07) is 7.99. The molecule has 0 radical (unpaired) electrons. The van der Waals surface area contributed by atoms with Crippen LogP contribution in [0.15, 0.2) is 29.6 Å². The van der Waals surface area contributed by atoms with Crippen molar-refractivity contribution in [2.24, 2.45) is 5.92 Å². The first kappa shape index (κ1) is 21.1. The smallest absolute Gasteiger partial charge is 0.275 e. The SMILES string of the molecule is COC1CCN(c2ccccc2NC(=O)c2csc(NCC3CCNCC3)n2)CC1. The second kappa shape index (κ2) is 10.2. The summed E-state index contributed by atoms with van der Waals surface area (Å²) in [6.07, 6.45) is 4.69. The quantitative estimate of drug-likeness (QED) is 0.626. The van der Waals surface area contributed by atoms with E-state index in [2.05, 4.69) is 31.9 Å². The Bertz CT molecular complexity index is 828. The molecule has 1 aromatic carbocycles. The summed E-state index contributed by atoms with van der Waals surface area (Å²) in [5, 5.41) is 12.5. The first-order valence-corrected chi connectivity index (χ1v) is 11.7. The summed E-state index contributed by atoms with van der Waals surface area (Å²) in [6.45, 7) is 4.93. The fourth-order valence-corrected chi connectivity index (χ4v) is 4.85. The highest BCUT2D eigenvalue weighted by Crippen LogP contribution is 2.29. The molecule has 1 amide bonds. The first-order chi connectivity index (χ1) is 14.7. The number of aromatic nitrogens is 1. The van der Waals surface area contributed by atoms with Crippen LogP contribution in [0.5, 0.6) is 0 Å². The average Bonchev–Trinajstić information content (AvgIpc) is 3.28. The molecule has 2 aromatic rings. The number of piperidine rings is 2. The van der Waals surface area contributed by atoms with Crippen molar-refractivity contribution < 1.29 is 9.53 Å². The minimum absolute atomic E-state index is 0.166. The van der Waals surface area contributed by atoms with E-state index in [4.69, 9.17) is 4.74 Å². The number of para-hydroxylation sites is 2. The summed E-state index contributed by atoms with van der Waals surface area (Å²) in [5.41, 5.74) is 2.34. The van der Waals surface area contributed by atoms with Crippen molar-refractivity contribution in [2.45, 2.75) is 31.8 Å². The Labute approximate surface area is 182 Å². The van der Waals surface area contributed by atoms with E-state index in [0.29, 0.717) is 17.7 Å². The van der Waals surface area contributed by atoms with Gasteiger partial charge >= 0.3 is 0 Å². The minimum Gasteiger partial charge on any atom is -0.381 e. The van der Waals surface area contributed by atoms with Gasteiger partial charge in [0.05, 0.1) is 17.5 Å². The summed E-state index contributed by atoms with van der Waals surface area (Å²) in [5.74, 6) is 0.502. The molecule has 0 aliphatic carbocycles. The molecule has 3 N–H and O–H groups in total. The van der Waals surface area contributed by atoms with Gasteiger partial charge in [-0.2, -0.15) is 0 Å². The number of benzene rings is 1. The van der Waals surface area contributed by atoms with E-state index in [1.54, 1.807) is 7.11 Å². The highest BCUT2D eigenvalue weighted by Gasteiger charge is 2.22. The Hall–Kier alpha value is -2.16. The Morgan fingerprint density at radius 2 is 2.00 bits per heavy atom. The first-order valence-electron chi connectivity index (χ1n) is 10.8. The molecule has 2 aliphatic rings. The maximum Gasteiger partial charge on any atom is 0.275 e. The molecule has 8 heteroatoms. The van der Waals surface area contributed by atoms with Crippen LogP contribution in [0, 0.1) is 5.92 Å². The number of anilines is 3. The van der Waals surface area contributed by atoms with Gasteiger partial charge in [0.25, 0.3) is 5.91 Å². The summed E-state index contributed by atoms with van der Waals surface area (Å²) >= 11 is 1.49. The molecule has 4 rings (SSSR count). The van der Waals surface area contributed by atoms with Gasteiger partial charge in [-0.25, -0.2) is 4.98 Å². The van der Waals surface area contributed by atoms with Crippen LogP contribution < -0.4 is 20.9 Å². The maximum absolute atomic E-state index is 12.8. The van der Waals surface area contributed by atoms with Gasteiger partial charge in [-0.1, -0.05) is 12.1 Å². The van der Waals surface area contributed by atoms with Crippen LogP contribution in [0.25, 0.3) is 0 Å². The average molecular weight is 430 g/mol. The molecule has 0 atom stereocenters. The molecule has 0 spiro atoms. The van der Waals surface area contributed by atoms with Gasteiger partial charge in [0.1, 0.15) is 5.69 Å². The largest absolute Gasteiger partial charge is 0.381 e. The lowest BCUT2D eigenvalue weighted by Gasteiger charge is -2.34. The number of methoxy groups -OCH3 is 1. The number of carbonyl (C=O) groups is 1. The Morgan fingerprint density at radius 3 is 2.77 bits per heavy atom. The number of nitrogens with zero attached hydrogens (tertiary/aromatic N) is 2. The molecule has 0 unspecified atom stereocenters. The number of hydrogen-bond acceptors (Lipinski definition) is 7. The van der Waals surface area contributed by atoms with E-state index in [1.165, 1.54) is 24.2 Å². The third-order valence-corrected chi connectivity index (χ3v) is 6.81. The summed E-state index contributed by atoms with van der Waals surface area (Å²) in [7, 11) is 1.78. The minimum atomic E-state index is -0.166. The van der Waals surface area contributed by atoms with Crippen molar-refractivity contribution in [3.05, 3.63) is 35.3 Å². The molecule has 2 aliphatic heterocycles. The molecule has 0 saturated carbocycles. The van der Waals surface area contributed by atoms with Crippen molar-refractivity contribution in [1.29, 1.82) is 0 Å². The molecule has 162 valence electrons. The van der Waals surface area contributed by atoms with E-state index in [1.807, 2.05) is 23.6 Å². The Kier molecular flexibility index (Phi) is 7.20. The molecule has 7 nitrogen and oxygen atoms in total. The number of hydrogen-bond donors (Lipinski definition) is 3. The van der Waals surface area contributed by atoms with Crippen LogP contribution in [0.4, 0.5) is 16.5 Å². The number of rotatable bonds is 7. The standard InChI is InChI=1S/C22H31N5O2S/c1-29-17-8-12-27(13-9-17)20-5-3-2-4-18(20)25-21(28)19-15-30-22(26-19)24-14-16-6-10-23-11-7-16/h2-5,15-17,23H,6-14H2,1H3,(H,24,26)(H,25,28).